The SMILES string of the molecule is Cc1cc(C)c(NC(=O)c2ccc(OC(F)(F)F)cc2)c(C)n1. The summed E-state index contributed by atoms with van der Waals surface area (Å²) in [7, 11) is 0. The van der Waals surface area contributed by atoms with Crippen molar-refractivity contribution in [1.29, 1.82) is 0 Å². The highest BCUT2D eigenvalue weighted by atomic mass is 19.4. The van der Waals surface area contributed by atoms with Crippen molar-refractivity contribution in [1.82, 2.24) is 4.98 Å². The van der Waals surface area contributed by atoms with Crippen LogP contribution in [0.2, 0.25) is 0 Å². The van der Waals surface area contributed by atoms with E-state index in [2.05, 4.69) is 15.0 Å². The van der Waals surface area contributed by atoms with Crippen LogP contribution in [0.5, 0.6) is 5.75 Å². The van der Waals surface area contributed by atoms with E-state index in [0.29, 0.717) is 11.4 Å². The number of aryl methyl sites for hydroxylation is 3. The van der Waals surface area contributed by atoms with Gasteiger partial charge < -0.3 is 10.1 Å². The second-order valence-corrected chi connectivity index (χ2v) is 5.07. The maximum Gasteiger partial charge on any atom is 0.573 e. The first-order chi connectivity index (χ1) is 10.7. The molecule has 7 heteroatoms. The number of hydrogen-bond acceptors (Lipinski definition) is 3. The van der Waals surface area contributed by atoms with Crippen LogP contribution in [0.4, 0.5) is 18.9 Å². The zero-order valence-corrected chi connectivity index (χ0v) is 12.8. The van der Waals surface area contributed by atoms with E-state index in [0.717, 1.165) is 23.4 Å². The van der Waals surface area contributed by atoms with Crippen molar-refractivity contribution in [2.24, 2.45) is 0 Å². The summed E-state index contributed by atoms with van der Waals surface area (Å²) in [4.78, 5) is 16.5. The Bertz CT molecular complexity index is 702. The minimum absolute atomic E-state index is 0.221. The van der Waals surface area contributed by atoms with Crippen molar-refractivity contribution in [3.8, 4) is 5.75 Å². The lowest BCUT2D eigenvalue weighted by atomic mass is 10.1. The number of carbonyl (C=O) groups excluding carboxylic acids is 1. The molecular formula is C16H15F3N2O2. The van der Waals surface area contributed by atoms with Crippen LogP contribution >= 0.6 is 0 Å². The van der Waals surface area contributed by atoms with E-state index in [4.69, 9.17) is 0 Å². The van der Waals surface area contributed by atoms with Gasteiger partial charge in [0.2, 0.25) is 0 Å². The highest BCUT2D eigenvalue weighted by Gasteiger charge is 2.31. The molecule has 122 valence electrons. The summed E-state index contributed by atoms with van der Waals surface area (Å²) in [6.45, 7) is 5.47. The number of alkyl halides is 3. The third kappa shape index (κ3) is 4.45. The Kier molecular flexibility index (Phi) is 4.58. The van der Waals surface area contributed by atoms with Gasteiger partial charge in [-0.05, 0) is 56.7 Å². The number of hydrogen-bond donors (Lipinski definition) is 1. The fourth-order valence-corrected chi connectivity index (χ4v) is 2.21. The number of anilines is 1. The Morgan fingerprint density at radius 2 is 1.74 bits per heavy atom. The third-order valence-electron chi connectivity index (χ3n) is 3.11. The number of rotatable bonds is 3. The van der Waals surface area contributed by atoms with Gasteiger partial charge in [0.1, 0.15) is 5.75 Å². The molecule has 0 atom stereocenters. The Labute approximate surface area is 131 Å². The van der Waals surface area contributed by atoms with E-state index < -0.39 is 12.3 Å². The largest absolute Gasteiger partial charge is 0.573 e. The van der Waals surface area contributed by atoms with Crippen LogP contribution in [0.25, 0.3) is 0 Å². The van der Waals surface area contributed by atoms with Gasteiger partial charge >= 0.3 is 6.36 Å². The molecule has 0 spiro atoms. The van der Waals surface area contributed by atoms with Crippen LogP contribution < -0.4 is 10.1 Å². The lowest BCUT2D eigenvalue weighted by Gasteiger charge is -2.12. The summed E-state index contributed by atoms with van der Waals surface area (Å²) >= 11 is 0. The van der Waals surface area contributed by atoms with Gasteiger partial charge in [-0.1, -0.05) is 0 Å². The minimum atomic E-state index is -4.76. The van der Waals surface area contributed by atoms with Gasteiger partial charge in [-0.2, -0.15) is 0 Å². The summed E-state index contributed by atoms with van der Waals surface area (Å²) in [5.74, 6) is -0.807. The molecule has 1 aromatic carbocycles. The summed E-state index contributed by atoms with van der Waals surface area (Å²) in [5, 5.41) is 2.73. The van der Waals surface area contributed by atoms with Crippen molar-refractivity contribution >= 4 is 11.6 Å². The molecule has 0 saturated carbocycles. The second kappa shape index (κ2) is 6.28. The van der Waals surface area contributed by atoms with Crippen LogP contribution in [0.1, 0.15) is 27.3 Å². The van der Waals surface area contributed by atoms with Gasteiger partial charge in [0.25, 0.3) is 5.91 Å². The van der Waals surface area contributed by atoms with E-state index in [1.165, 1.54) is 12.1 Å². The maximum absolute atomic E-state index is 12.2. The normalized spacial score (nSPS) is 11.2. The Hall–Kier alpha value is -2.57. The predicted octanol–water partition coefficient (Wildman–Crippen LogP) is 4.16. The Balaban J connectivity index is 2.16. The number of nitrogens with zero attached hydrogens (tertiary/aromatic N) is 1. The Morgan fingerprint density at radius 3 is 2.26 bits per heavy atom. The van der Waals surface area contributed by atoms with Crippen molar-refractivity contribution in [2.45, 2.75) is 27.1 Å². The quantitative estimate of drug-likeness (QED) is 0.922. The van der Waals surface area contributed by atoms with E-state index in [1.54, 1.807) is 6.92 Å². The van der Waals surface area contributed by atoms with Gasteiger partial charge in [0.15, 0.2) is 0 Å². The number of aromatic nitrogens is 1. The predicted molar refractivity (Wildman–Crippen MR) is 79.5 cm³/mol. The van der Waals surface area contributed by atoms with E-state index in [-0.39, 0.29) is 11.3 Å². The molecule has 0 aliphatic carbocycles. The van der Waals surface area contributed by atoms with Gasteiger partial charge in [0.05, 0.1) is 11.4 Å². The van der Waals surface area contributed by atoms with Gasteiger partial charge in [-0.25, -0.2) is 0 Å². The van der Waals surface area contributed by atoms with Crippen LogP contribution in [-0.4, -0.2) is 17.3 Å². The van der Waals surface area contributed by atoms with E-state index in [9.17, 15) is 18.0 Å². The molecule has 0 saturated heterocycles. The molecule has 1 heterocycles. The fraction of sp³-hybridized carbons (Fsp3) is 0.250. The lowest BCUT2D eigenvalue weighted by molar-refractivity contribution is -0.274. The number of benzene rings is 1. The van der Waals surface area contributed by atoms with Crippen LogP contribution in [0.3, 0.4) is 0 Å². The number of amides is 1. The summed E-state index contributed by atoms with van der Waals surface area (Å²) in [6.07, 6.45) is -4.76. The van der Waals surface area contributed by atoms with Gasteiger partial charge in [-0.3, -0.25) is 9.78 Å². The third-order valence-corrected chi connectivity index (χ3v) is 3.11. The zero-order chi connectivity index (χ0) is 17.2. The molecule has 0 bridgehead atoms. The number of nitrogens with one attached hydrogen (secondary N) is 1. The standard InChI is InChI=1S/C16H15F3N2O2/c1-9-8-10(2)20-11(3)14(9)21-15(22)12-4-6-13(7-5-12)23-16(17,18)19/h4-8H,1-3H3,(H,21,22). The van der Waals surface area contributed by atoms with Crippen LogP contribution in [-0.2, 0) is 0 Å². The first-order valence-corrected chi connectivity index (χ1v) is 6.78. The molecule has 1 aromatic heterocycles. The monoisotopic (exact) mass is 324 g/mol. The highest BCUT2D eigenvalue weighted by molar-refractivity contribution is 6.05. The number of carbonyl (C=O) groups is 1. The summed E-state index contributed by atoms with van der Waals surface area (Å²) < 4.78 is 40.1. The summed E-state index contributed by atoms with van der Waals surface area (Å²) in [6, 6.07) is 6.55. The number of halogens is 3. The lowest BCUT2D eigenvalue weighted by Crippen LogP contribution is -2.17. The Morgan fingerprint density at radius 1 is 1.13 bits per heavy atom. The molecule has 2 rings (SSSR count). The topological polar surface area (TPSA) is 51.2 Å². The van der Waals surface area contributed by atoms with Crippen molar-refractivity contribution in [3.05, 3.63) is 52.8 Å². The number of ether oxygens (including phenoxy) is 1. The van der Waals surface area contributed by atoms with Gasteiger partial charge in [0, 0.05) is 11.3 Å². The average molecular weight is 324 g/mol. The molecule has 1 amide bonds. The van der Waals surface area contributed by atoms with Crippen molar-refractivity contribution < 1.29 is 22.7 Å². The van der Waals surface area contributed by atoms with Gasteiger partial charge in [-0.15, -0.1) is 13.2 Å². The molecule has 1 N–H and O–H groups in total. The average Bonchev–Trinajstić information content (AvgIpc) is 2.41. The van der Waals surface area contributed by atoms with Crippen molar-refractivity contribution in [3.63, 3.8) is 0 Å². The molecule has 0 unspecified atom stereocenters. The first-order valence-electron chi connectivity index (χ1n) is 6.78. The van der Waals surface area contributed by atoms with Crippen molar-refractivity contribution in [2.75, 3.05) is 5.32 Å². The zero-order valence-electron chi connectivity index (χ0n) is 12.8. The number of pyridine rings is 1. The second-order valence-electron chi connectivity index (χ2n) is 5.07. The molecular weight excluding hydrogens is 309 g/mol. The fourth-order valence-electron chi connectivity index (χ4n) is 2.21. The molecule has 0 radical (unpaired) electrons. The highest BCUT2D eigenvalue weighted by Crippen LogP contribution is 2.24. The maximum atomic E-state index is 12.2. The smallest absolute Gasteiger partial charge is 0.406 e. The van der Waals surface area contributed by atoms with Crippen LogP contribution in [0.15, 0.2) is 30.3 Å². The molecule has 0 fully saturated rings. The minimum Gasteiger partial charge on any atom is -0.406 e. The van der Waals surface area contributed by atoms with Crippen LogP contribution in [0, 0.1) is 20.8 Å². The molecule has 2 aromatic rings. The first kappa shape index (κ1) is 16.8. The molecule has 0 aliphatic heterocycles. The van der Waals surface area contributed by atoms with E-state index in [1.807, 2.05) is 19.9 Å². The molecule has 0 aliphatic rings. The van der Waals surface area contributed by atoms with E-state index >= 15 is 0 Å². The summed E-state index contributed by atoms with van der Waals surface area (Å²) in [5.41, 5.74) is 3.19. The molecule has 23 heavy (non-hydrogen) atoms. The molecule has 4 nitrogen and oxygen atoms in total.